The van der Waals surface area contributed by atoms with Gasteiger partial charge in [-0.1, -0.05) is 88.4 Å². The van der Waals surface area contributed by atoms with Gasteiger partial charge < -0.3 is 9.55 Å². The van der Waals surface area contributed by atoms with Crippen LogP contribution in [-0.4, -0.2) is 14.5 Å². The van der Waals surface area contributed by atoms with E-state index in [9.17, 15) is 0 Å². The molecule has 0 aliphatic carbocycles. The summed E-state index contributed by atoms with van der Waals surface area (Å²) in [4.78, 5) is 9.28. The minimum absolute atomic E-state index is 0. The fourth-order valence-electron chi connectivity index (χ4n) is 4.89. The van der Waals surface area contributed by atoms with Crippen molar-refractivity contribution in [1.29, 1.82) is 0 Å². The van der Waals surface area contributed by atoms with E-state index in [1.165, 1.54) is 16.8 Å². The predicted molar refractivity (Wildman–Crippen MR) is 170 cm³/mol. The van der Waals surface area contributed by atoms with Gasteiger partial charge in [0, 0.05) is 43.7 Å². The van der Waals surface area contributed by atoms with Crippen molar-refractivity contribution in [3.63, 3.8) is 0 Å². The molecule has 0 saturated carbocycles. The Morgan fingerprint density at radius 1 is 0.595 bits per heavy atom. The molecular formula is C38H35IrN3-2. The Hall–Kier alpha value is -4.11. The zero-order valence-electron chi connectivity index (χ0n) is 24.5. The molecule has 0 aliphatic rings. The van der Waals surface area contributed by atoms with Crippen LogP contribution < -0.4 is 0 Å². The molecule has 6 rings (SSSR count). The van der Waals surface area contributed by atoms with Crippen molar-refractivity contribution in [3.8, 4) is 39.6 Å². The Bertz CT molecular complexity index is 1600. The number of pyridine rings is 1. The van der Waals surface area contributed by atoms with Gasteiger partial charge in [0.05, 0.1) is 11.5 Å². The van der Waals surface area contributed by atoms with Gasteiger partial charge in [-0.05, 0) is 34.7 Å². The van der Waals surface area contributed by atoms with Crippen LogP contribution in [-0.2, 0) is 20.1 Å². The summed E-state index contributed by atoms with van der Waals surface area (Å²) in [5, 5.41) is 0. The molecule has 0 spiro atoms. The average Bonchev–Trinajstić information content (AvgIpc) is 3.48. The van der Waals surface area contributed by atoms with Crippen molar-refractivity contribution in [1.82, 2.24) is 14.5 Å². The van der Waals surface area contributed by atoms with Crippen LogP contribution in [0.2, 0.25) is 0 Å². The van der Waals surface area contributed by atoms with E-state index >= 15 is 0 Å². The van der Waals surface area contributed by atoms with E-state index in [-0.39, 0.29) is 20.1 Å². The molecule has 0 aliphatic heterocycles. The minimum atomic E-state index is 0. The van der Waals surface area contributed by atoms with Crippen LogP contribution in [0.25, 0.3) is 39.6 Å². The number of hydrogen-bond acceptors (Lipinski definition) is 2. The van der Waals surface area contributed by atoms with Crippen molar-refractivity contribution in [3.05, 3.63) is 151 Å². The maximum atomic E-state index is 5.06. The summed E-state index contributed by atoms with van der Waals surface area (Å²) in [6, 6.07) is 45.3. The second kappa shape index (κ2) is 14.7. The molecule has 4 heteroatoms. The van der Waals surface area contributed by atoms with Crippen molar-refractivity contribution in [2.45, 2.75) is 39.5 Å². The quantitative estimate of drug-likeness (QED) is 0.160. The fraction of sp³-hybridized carbons (Fsp3) is 0.158. The Morgan fingerprint density at radius 3 is 1.74 bits per heavy atom. The normalized spacial score (nSPS) is 10.6. The first kappa shape index (κ1) is 30.8. The van der Waals surface area contributed by atoms with E-state index in [2.05, 4.69) is 104 Å². The van der Waals surface area contributed by atoms with Crippen molar-refractivity contribution in [2.75, 3.05) is 0 Å². The van der Waals surface area contributed by atoms with Crippen molar-refractivity contribution >= 4 is 0 Å². The van der Waals surface area contributed by atoms with E-state index in [0.717, 1.165) is 33.9 Å². The zero-order chi connectivity index (χ0) is 28.6. The molecule has 0 fully saturated rings. The van der Waals surface area contributed by atoms with Crippen molar-refractivity contribution in [2.24, 2.45) is 0 Å². The van der Waals surface area contributed by atoms with Gasteiger partial charge in [-0.15, -0.1) is 71.8 Å². The Balaban J connectivity index is 0.000000261. The van der Waals surface area contributed by atoms with Crippen LogP contribution in [0.3, 0.4) is 0 Å². The van der Waals surface area contributed by atoms with Gasteiger partial charge in [-0.2, -0.15) is 0 Å². The first-order valence-electron chi connectivity index (χ1n) is 14.2. The zero-order valence-corrected chi connectivity index (χ0v) is 26.8. The molecule has 2 heterocycles. The summed E-state index contributed by atoms with van der Waals surface area (Å²) in [6.07, 6.45) is 3.97. The van der Waals surface area contributed by atoms with Gasteiger partial charge in [0.2, 0.25) is 0 Å². The van der Waals surface area contributed by atoms with Gasteiger partial charge in [0.25, 0.3) is 0 Å². The fourth-order valence-corrected chi connectivity index (χ4v) is 4.89. The van der Waals surface area contributed by atoms with Crippen LogP contribution in [0.1, 0.15) is 50.7 Å². The first-order valence-corrected chi connectivity index (χ1v) is 14.2. The van der Waals surface area contributed by atoms with Gasteiger partial charge in [0.15, 0.2) is 0 Å². The first-order chi connectivity index (χ1) is 20.0. The van der Waals surface area contributed by atoms with Crippen LogP contribution >= 0.6 is 0 Å². The maximum Gasteiger partial charge on any atom is 0.0771 e. The number of nitrogens with zero attached hydrogens (tertiary/aromatic N) is 3. The van der Waals surface area contributed by atoms with Gasteiger partial charge in [-0.25, -0.2) is 0 Å². The number of aromatic nitrogens is 3. The third kappa shape index (κ3) is 7.20. The van der Waals surface area contributed by atoms with Crippen LogP contribution in [0.15, 0.2) is 128 Å². The molecule has 213 valence electrons. The molecular weight excluding hydrogens is 691 g/mol. The molecule has 0 amide bonds. The largest absolute Gasteiger partial charge is 0.339 e. The third-order valence-corrected chi connectivity index (χ3v) is 6.96. The smallest absolute Gasteiger partial charge is 0.0771 e. The van der Waals surface area contributed by atoms with E-state index < -0.39 is 0 Å². The summed E-state index contributed by atoms with van der Waals surface area (Å²) in [6.45, 7) is 9.02. The Morgan fingerprint density at radius 2 is 1.19 bits per heavy atom. The average molecular weight is 726 g/mol. The van der Waals surface area contributed by atoms with Crippen LogP contribution in [0.4, 0.5) is 0 Å². The summed E-state index contributed by atoms with van der Waals surface area (Å²) >= 11 is 0. The number of para-hydroxylation sites is 1. The standard InChI is InChI=1S/C27H27N2.C11H8N.Ir/c1-19(2)23-16-11-17-24(20(3)4)26(23)29-18-25(21-12-7-5-8-13-21)28-27(29)22-14-9-6-10-15-22;1-2-6-10(7-3-1)11-8-4-5-9-12-11;/h5-14,16-20H,1-4H3;1-6,8-9H;/q2*-1;. The molecule has 0 bridgehead atoms. The molecule has 0 atom stereocenters. The summed E-state index contributed by atoms with van der Waals surface area (Å²) in [7, 11) is 0. The van der Waals surface area contributed by atoms with E-state index in [0.29, 0.717) is 11.8 Å². The summed E-state index contributed by atoms with van der Waals surface area (Å²) in [5.41, 5.74) is 9.04. The van der Waals surface area contributed by atoms with E-state index in [1.54, 1.807) is 6.20 Å². The number of hydrogen-bond donors (Lipinski definition) is 0. The van der Waals surface area contributed by atoms with Gasteiger partial charge in [-0.3, -0.25) is 4.98 Å². The Labute approximate surface area is 263 Å². The molecule has 4 aromatic carbocycles. The Kier molecular flexibility index (Phi) is 10.8. The second-order valence-electron chi connectivity index (χ2n) is 10.5. The van der Waals surface area contributed by atoms with Gasteiger partial charge >= 0.3 is 0 Å². The SMILES string of the molecule is CC(C)c1cccc(C(C)C)c1-n1cc(-c2ccccc2)nc1-c1[c-]cccc1.[Ir].[c-]1ccccc1-c1ccccn1. The van der Waals surface area contributed by atoms with Crippen LogP contribution in [0.5, 0.6) is 0 Å². The van der Waals surface area contributed by atoms with E-state index in [4.69, 9.17) is 4.98 Å². The monoisotopic (exact) mass is 726 g/mol. The minimum Gasteiger partial charge on any atom is -0.339 e. The van der Waals surface area contributed by atoms with Gasteiger partial charge in [0.1, 0.15) is 0 Å². The van der Waals surface area contributed by atoms with Crippen LogP contribution in [0, 0.1) is 12.1 Å². The molecule has 42 heavy (non-hydrogen) atoms. The molecule has 0 N–H and O–H groups in total. The van der Waals surface area contributed by atoms with E-state index in [1.807, 2.05) is 66.7 Å². The number of imidazole rings is 1. The number of rotatable bonds is 6. The third-order valence-electron chi connectivity index (χ3n) is 6.96. The molecule has 0 saturated heterocycles. The molecule has 6 aromatic rings. The summed E-state index contributed by atoms with van der Waals surface area (Å²) in [5.74, 6) is 1.76. The molecule has 3 nitrogen and oxygen atoms in total. The predicted octanol–water partition coefficient (Wildman–Crippen LogP) is 9.80. The topological polar surface area (TPSA) is 30.7 Å². The maximum absolute atomic E-state index is 5.06. The van der Waals surface area contributed by atoms with Crippen molar-refractivity contribution < 1.29 is 20.1 Å². The molecule has 0 unspecified atom stereocenters. The number of benzene rings is 4. The molecule has 1 radical (unpaired) electrons. The second-order valence-corrected chi connectivity index (χ2v) is 10.5. The summed E-state index contributed by atoms with van der Waals surface area (Å²) < 4.78 is 2.28. The molecule has 2 aromatic heterocycles.